The van der Waals surface area contributed by atoms with Crippen LogP contribution < -0.4 is 0 Å². The lowest BCUT2D eigenvalue weighted by molar-refractivity contribution is 1.34. The summed E-state index contributed by atoms with van der Waals surface area (Å²) in [5.41, 5.74) is 0. The van der Waals surface area contributed by atoms with Gasteiger partial charge in [0.2, 0.25) is 0 Å². The molecule has 7 heavy (non-hydrogen) atoms. The first kappa shape index (κ1) is 7.43. The van der Waals surface area contributed by atoms with Crippen molar-refractivity contribution in [2.45, 2.75) is 31.6 Å². The Bertz CT molecular complexity index is 25.3. The molecule has 0 aromatic rings. The molecule has 0 heterocycles. The molecule has 0 unspecified atom stereocenters. The van der Waals surface area contributed by atoms with Gasteiger partial charge in [0.1, 0.15) is 0 Å². The monoisotopic (exact) mass is 132 g/mol. The van der Waals surface area contributed by atoms with Crippen molar-refractivity contribution in [1.29, 1.82) is 0 Å². The summed E-state index contributed by atoms with van der Waals surface area (Å²) in [5, 5.41) is 0. The second-order valence-electron chi connectivity index (χ2n) is 2.06. The van der Waals surface area contributed by atoms with E-state index in [1.54, 1.807) is 12.1 Å². The van der Waals surface area contributed by atoms with Gasteiger partial charge in [-0.1, -0.05) is 31.6 Å². The number of hydrogen-bond donors (Lipinski definition) is 0. The van der Waals surface area contributed by atoms with Crippen LogP contribution in [0, 0.1) is 0 Å². The lowest BCUT2D eigenvalue weighted by Gasteiger charge is -1.89. The van der Waals surface area contributed by atoms with Gasteiger partial charge < -0.3 is 0 Å². The van der Waals surface area contributed by atoms with Crippen LogP contribution in [0.5, 0.6) is 0 Å². The minimum absolute atomic E-state index is 0.428. The fourth-order valence-corrected chi connectivity index (χ4v) is 4.59. The van der Waals surface area contributed by atoms with Gasteiger partial charge in [-0.25, -0.2) is 0 Å². The van der Waals surface area contributed by atoms with Crippen molar-refractivity contribution in [2.24, 2.45) is 0 Å². The maximum Gasteiger partial charge on any atom is 0.0192 e. The second-order valence-corrected chi connectivity index (χ2v) is 6.18. The summed E-state index contributed by atoms with van der Waals surface area (Å²) in [5.74, 6) is 0. The van der Waals surface area contributed by atoms with E-state index in [1.165, 1.54) is 6.04 Å². The second kappa shape index (κ2) is 6.43. The van der Waals surface area contributed by atoms with E-state index < -0.39 is 0 Å². The van der Waals surface area contributed by atoms with E-state index >= 15 is 0 Å². The van der Waals surface area contributed by atoms with Gasteiger partial charge in [0.25, 0.3) is 0 Å². The summed E-state index contributed by atoms with van der Waals surface area (Å²) in [6.07, 6.45) is 0. The SMILES string of the molecule is CC[SiH2]CC[SiH2]C. The summed E-state index contributed by atoms with van der Waals surface area (Å²) >= 11 is 0. The van der Waals surface area contributed by atoms with Crippen molar-refractivity contribution < 1.29 is 0 Å². The maximum absolute atomic E-state index is 2.41. The van der Waals surface area contributed by atoms with E-state index in [0.717, 1.165) is 0 Å². The first-order valence-corrected chi connectivity index (χ1v) is 7.83. The third-order valence-electron chi connectivity index (χ3n) is 1.21. The predicted octanol–water partition coefficient (Wildman–Crippen LogP) is 0.647. The highest BCUT2D eigenvalue weighted by Gasteiger charge is 1.81. The Kier molecular flexibility index (Phi) is 6.83. The molecule has 44 valence electrons. The van der Waals surface area contributed by atoms with Gasteiger partial charge in [0, 0.05) is 19.0 Å². The van der Waals surface area contributed by atoms with Crippen molar-refractivity contribution in [3.63, 3.8) is 0 Å². The largest absolute Gasteiger partial charge is 0.0748 e. The molecule has 0 aromatic heterocycles. The van der Waals surface area contributed by atoms with Crippen molar-refractivity contribution in [3.05, 3.63) is 0 Å². The summed E-state index contributed by atoms with van der Waals surface area (Å²) in [7, 11) is 0.874. The van der Waals surface area contributed by atoms with Crippen LogP contribution in [-0.2, 0) is 0 Å². The highest BCUT2D eigenvalue weighted by atomic mass is 28.2. The van der Waals surface area contributed by atoms with Crippen LogP contribution in [0.4, 0.5) is 0 Å². The molecular formula is C5H16Si2. The zero-order valence-electron chi connectivity index (χ0n) is 5.54. The normalized spacial score (nSPS) is 12.9. The highest BCUT2D eigenvalue weighted by Crippen LogP contribution is 1.89. The highest BCUT2D eigenvalue weighted by molar-refractivity contribution is 6.41. The zero-order valence-corrected chi connectivity index (χ0v) is 8.36. The van der Waals surface area contributed by atoms with E-state index in [-0.39, 0.29) is 0 Å². The molecule has 0 radical (unpaired) electrons. The van der Waals surface area contributed by atoms with Gasteiger partial charge in [-0.2, -0.15) is 0 Å². The maximum atomic E-state index is 2.41. The van der Waals surface area contributed by atoms with Gasteiger partial charge in [0.15, 0.2) is 0 Å². The first-order valence-electron chi connectivity index (χ1n) is 3.41. The van der Waals surface area contributed by atoms with Crippen LogP contribution in [0.1, 0.15) is 6.92 Å². The molecule has 2 heteroatoms. The average Bonchev–Trinajstić information content (AvgIpc) is 1.69. The molecule has 0 bridgehead atoms. The van der Waals surface area contributed by atoms with Crippen molar-refractivity contribution in [1.82, 2.24) is 0 Å². The van der Waals surface area contributed by atoms with Gasteiger partial charge >= 0.3 is 0 Å². The molecule has 0 N–H and O–H groups in total. The van der Waals surface area contributed by atoms with E-state index in [2.05, 4.69) is 13.5 Å². The quantitative estimate of drug-likeness (QED) is 0.389. The Morgan fingerprint density at radius 3 is 2.43 bits per heavy atom. The van der Waals surface area contributed by atoms with Crippen molar-refractivity contribution in [2.75, 3.05) is 0 Å². The van der Waals surface area contributed by atoms with Crippen LogP contribution in [0.2, 0.25) is 24.7 Å². The molecule has 0 saturated heterocycles. The Labute approximate surface area is 51.3 Å². The van der Waals surface area contributed by atoms with Crippen LogP contribution in [0.25, 0.3) is 0 Å². The van der Waals surface area contributed by atoms with Crippen molar-refractivity contribution in [3.8, 4) is 0 Å². The number of hydrogen-bond acceptors (Lipinski definition) is 0. The first-order chi connectivity index (χ1) is 3.41. The van der Waals surface area contributed by atoms with E-state index in [4.69, 9.17) is 0 Å². The molecule has 0 spiro atoms. The standard InChI is InChI=1S/C5H16Si2/c1-3-7-5-4-6-2/h3-7H2,1-2H3. The van der Waals surface area contributed by atoms with Gasteiger partial charge in [-0.3, -0.25) is 0 Å². The van der Waals surface area contributed by atoms with Crippen molar-refractivity contribution >= 4 is 19.0 Å². The minimum Gasteiger partial charge on any atom is -0.0748 e. The van der Waals surface area contributed by atoms with Gasteiger partial charge in [0.05, 0.1) is 0 Å². The van der Waals surface area contributed by atoms with E-state index in [9.17, 15) is 0 Å². The minimum atomic E-state index is 0.428. The summed E-state index contributed by atoms with van der Waals surface area (Å²) in [6, 6.07) is 4.79. The summed E-state index contributed by atoms with van der Waals surface area (Å²) < 4.78 is 0. The smallest absolute Gasteiger partial charge is 0.0192 e. The van der Waals surface area contributed by atoms with Gasteiger partial charge in [-0.15, -0.1) is 0 Å². The van der Waals surface area contributed by atoms with Crippen LogP contribution in [0.15, 0.2) is 0 Å². The Hall–Kier alpha value is 0.434. The molecule has 0 saturated carbocycles. The van der Waals surface area contributed by atoms with E-state index in [0.29, 0.717) is 19.0 Å². The molecule has 0 aliphatic heterocycles. The lowest BCUT2D eigenvalue weighted by atomic mass is 10.9. The third-order valence-corrected chi connectivity index (χ3v) is 5.12. The average molecular weight is 132 g/mol. The number of rotatable bonds is 4. The third kappa shape index (κ3) is 6.43. The fourth-order valence-electron chi connectivity index (χ4n) is 0.677. The Morgan fingerprint density at radius 2 is 2.00 bits per heavy atom. The zero-order chi connectivity index (χ0) is 5.54. The molecule has 0 amide bonds. The molecule has 0 nitrogen and oxygen atoms in total. The molecule has 0 rings (SSSR count). The van der Waals surface area contributed by atoms with Crippen LogP contribution >= 0.6 is 0 Å². The van der Waals surface area contributed by atoms with Crippen LogP contribution in [0.3, 0.4) is 0 Å². The summed E-state index contributed by atoms with van der Waals surface area (Å²) in [6.45, 7) is 4.73. The fraction of sp³-hybridized carbons (Fsp3) is 1.00. The summed E-state index contributed by atoms with van der Waals surface area (Å²) in [4.78, 5) is 0. The van der Waals surface area contributed by atoms with Crippen LogP contribution in [-0.4, -0.2) is 19.0 Å². The molecule has 0 atom stereocenters. The Morgan fingerprint density at radius 1 is 1.29 bits per heavy atom. The molecule has 0 fully saturated rings. The molecule has 0 aliphatic rings. The predicted molar refractivity (Wildman–Crippen MR) is 43.0 cm³/mol. The lowest BCUT2D eigenvalue weighted by Crippen LogP contribution is -1.87. The molecular weight excluding hydrogens is 116 g/mol. The van der Waals surface area contributed by atoms with E-state index in [1.807, 2.05) is 0 Å². The molecule has 0 aromatic carbocycles. The molecule has 0 aliphatic carbocycles. The Balaban J connectivity index is 2.45. The topological polar surface area (TPSA) is 0 Å². The van der Waals surface area contributed by atoms with Gasteiger partial charge in [-0.05, 0) is 0 Å².